The molecule has 1 aromatic carbocycles. The Bertz CT molecular complexity index is 1150. The highest BCUT2D eigenvalue weighted by Gasteiger charge is 2.68. The van der Waals surface area contributed by atoms with Crippen LogP contribution in [0, 0.1) is 39.8 Å². The molecular weight excluding hydrogens is 476 g/mol. The van der Waals surface area contributed by atoms with Crippen LogP contribution >= 0.6 is 0 Å². The van der Waals surface area contributed by atoms with Gasteiger partial charge in [0.1, 0.15) is 17.7 Å². The third-order valence-electron chi connectivity index (χ3n) is 10.7. The Labute approximate surface area is 217 Å². The summed E-state index contributed by atoms with van der Waals surface area (Å²) in [7, 11) is -1.18. The van der Waals surface area contributed by atoms with Crippen molar-refractivity contribution in [2.45, 2.75) is 78.6 Å². The molecule has 3 aliphatic carbocycles. The molecule has 3 fully saturated rings. The van der Waals surface area contributed by atoms with Crippen LogP contribution in [0.5, 0.6) is 0 Å². The lowest BCUT2D eigenvalue weighted by Crippen LogP contribution is -2.63. The number of aliphatic hydroxyl groups is 1. The molecule has 3 saturated carbocycles. The van der Waals surface area contributed by atoms with Gasteiger partial charge in [0.05, 0.1) is 18.4 Å². The number of aliphatic hydroxyl groups excluding tert-OH is 1. The molecule has 7 nitrogen and oxygen atoms in total. The number of halogens is 1. The molecule has 0 unspecified atom stereocenters. The Morgan fingerprint density at radius 2 is 2.05 bits per heavy atom. The van der Waals surface area contributed by atoms with Gasteiger partial charge in [0, 0.05) is 23.2 Å². The van der Waals surface area contributed by atoms with Crippen molar-refractivity contribution in [3.63, 3.8) is 0 Å². The van der Waals surface area contributed by atoms with Crippen LogP contribution in [0.25, 0.3) is 0 Å². The highest BCUT2D eigenvalue weighted by molar-refractivity contribution is 6.61. The van der Waals surface area contributed by atoms with Crippen LogP contribution in [0.4, 0.5) is 14.9 Å². The maximum Gasteiger partial charge on any atom is 0.491 e. The van der Waals surface area contributed by atoms with Crippen molar-refractivity contribution in [3.8, 4) is 0 Å². The predicted octanol–water partition coefficient (Wildman–Crippen LogP) is 3.96. The number of carbonyl (C=O) groups is 2. The van der Waals surface area contributed by atoms with E-state index in [1.807, 2.05) is 6.92 Å². The maximum atomic E-state index is 14.8. The van der Waals surface area contributed by atoms with Gasteiger partial charge in [-0.25, -0.2) is 9.18 Å². The zero-order chi connectivity index (χ0) is 26.9. The van der Waals surface area contributed by atoms with Gasteiger partial charge in [-0.15, -0.1) is 6.58 Å². The third-order valence-corrected chi connectivity index (χ3v) is 10.7. The lowest BCUT2D eigenvalue weighted by Gasteiger charge is -2.61. The van der Waals surface area contributed by atoms with Crippen molar-refractivity contribution in [1.29, 1.82) is 0 Å². The van der Waals surface area contributed by atoms with Crippen LogP contribution in [-0.4, -0.2) is 41.3 Å². The van der Waals surface area contributed by atoms with Gasteiger partial charge in [-0.05, 0) is 66.1 Å². The number of fused-ring (bicyclic) bond motifs is 1. The SMILES string of the molecule is C=C[C@]1(C)C[C@@H](OC(=O)Nc2cc3c(cc2F)COB3O)[C@@]2(C)[C@@H]3C(=O)CC[C@@]3(CC[C@@H]2C)[C@@H](C)[C@@H]1O. The largest absolute Gasteiger partial charge is 0.491 e. The second-order valence-corrected chi connectivity index (χ2v) is 12.3. The molecule has 4 aliphatic rings. The van der Waals surface area contributed by atoms with Crippen molar-refractivity contribution in [1.82, 2.24) is 0 Å². The minimum absolute atomic E-state index is 0.0889. The predicted molar refractivity (Wildman–Crippen MR) is 137 cm³/mol. The number of Topliss-reactive ketones (excluding diaryl/α,β-unsaturated/α-hetero) is 1. The Hall–Kier alpha value is -2.23. The fraction of sp³-hybridized carbons (Fsp3) is 0.643. The van der Waals surface area contributed by atoms with E-state index in [-0.39, 0.29) is 47.7 Å². The summed E-state index contributed by atoms with van der Waals surface area (Å²) in [5.41, 5.74) is -0.994. The Kier molecular flexibility index (Phi) is 6.36. The van der Waals surface area contributed by atoms with E-state index in [9.17, 15) is 24.1 Å². The average Bonchev–Trinajstić information content (AvgIpc) is 3.40. The first-order valence-corrected chi connectivity index (χ1v) is 13.3. The quantitative estimate of drug-likeness (QED) is 0.418. The number of hydrogen-bond acceptors (Lipinski definition) is 6. The number of carbonyl (C=O) groups excluding carboxylic acids is 2. The molecule has 3 N–H and O–H groups in total. The number of amides is 1. The van der Waals surface area contributed by atoms with Crippen molar-refractivity contribution in [3.05, 3.63) is 36.2 Å². The summed E-state index contributed by atoms with van der Waals surface area (Å²) >= 11 is 0. The van der Waals surface area contributed by atoms with E-state index in [0.717, 1.165) is 12.8 Å². The van der Waals surface area contributed by atoms with Crippen LogP contribution in [-0.2, 0) is 20.8 Å². The lowest BCUT2D eigenvalue weighted by atomic mass is 9.44. The Morgan fingerprint density at radius 3 is 2.76 bits per heavy atom. The van der Waals surface area contributed by atoms with Crippen molar-refractivity contribution in [2.75, 3.05) is 5.32 Å². The highest BCUT2D eigenvalue weighted by atomic mass is 19.1. The molecule has 2 bridgehead atoms. The first kappa shape index (κ1) is 26.4. The molecule has 0 radical (unpaired) electrons. The van der Waals surface area contributed by atoms with Gasteiger partial charge in [0.2, 0.25) is 0 Å². The number of ketones is 1. The number of hydrogen-bond donors (Lipinski definition) is 3. The second kappa shape index (κ2) is 8.92. The van der Waals surface area contributed by atoms with E-state index < -0.39 is 42.1 Å². The molecule has 1 amide bonds. The molecule has 0 spiro atoms. The molecule has 8 atom stereocenters. The fourth-order valence-corrected chi connectivity index (χ4v) is 8.11. The van der Waals surface area contributed by atoms with Gasteiger partial charge in [-0.2, -0.15) is 0 Å². The van der Waals surface area contributed by atoms with Crippen LogP contribution in [0.3, 0.4) is 0 Å². The summed E-state index contributed by atoms with van der Waals surface area (Å²) in [5.74, 6) is -0.866. The topological polar surface area (TPSA) is 105 Å². The normalized spacial score (nSPS) is 40.9. The van der Waals surface area contributed by atoms with E-state index >= 15 is 0 Å². The summed E-state index contributed by atoms with van der Waals surface area (Å²) in [6.45, 7) is 12.2. The van der Waals surface area contributed by atoms with Crippen LogP contribution in [0.2, 0.25) is 0 Å². The first-order chi connectivity index (χ1) is 17.4. The molecule has 0 saturated heterocycles. The molecular formula is C28H37BFNO6. The zero-order valence-corrected chi connectivity index (χ0v) is 22.1. The molecule has 200 valence electrons. The molecule has 1 aliphatic heterocycles. The van der Waals surface area contributed by atoms with E-state index in [4.69, 9.17) is 9.39 Å². The highest BCUT2D eigenvalue weighted by Crippen LogP contribution is 2.68. The second-order valence-electron chi connectivity index (χ2n) is 12.3. The van der Waals surface area contributed by atoms with Crippen LogP contribution < -0.4 is 10.8 Å². The summed E-state index contributed by atoms with van der Waals surface area (Å²) in [6.07, 6.45) is 2.58. The number of nitrogens with one attached hydrogen (secondary N) is 1. The first-order valence-electron chi connectivity index (χ1n) is 13.3. The van der Waals surface area contributed by atoms with Gasteiger partial charge in [-0.3, -0.25) is 10.1 Å². The minimum atomic E-state index is -1.18. The van der Waals surface area contributed by atoms with E-state index in [1.54, 1.807) is 6.08 Å². The van der Waals surface area contributed by atoms with Gasteiger partial charge in [0.15, 0.2) is 0 Å². The smallest absolute Gasteiger partial charge is 0.445 e. The number of benzene rings is 1. The van der Waals surface area contributed by atoms with Gasteiger partial charge < -0.3 is 19.5 Å². The average molecular weight is 513 g/mol. The van der Waals surface area contributed by atoms with E-state index in [2.05, 4.69) is 32.7 Å². The minimum Gasteiger partial charge on any atom is -0.445 e. The Morgan fingerprint density at radius 1 is 1.32 bits per heavy atom. The summed E-state index contributed by atoms with van der Waals surface area (Å²) in [4.78, 5) is 26.8. The van der Waals surface area contributed by atoms with Crippen LogP contribution in [0.1, 0.15) is 65.4 Å². The van der Waals surface area contributed by atoms with Crippen molar-refractivity contribution in [2.24, 2.45) is 34.0 Å². The van der Waals surface area contributed by atoms with Gasteiger partial charge in [-0.1, -0.05) is 33.8 Å². The zero-order valence-electron chi connectivity index (χ0n) is 22.1. The number of ether oxygens (including phenoxy) is 1. The fourth-order valence-electron chi connectivity index (χ4n) is 8.11. The van der Waals surface area contributed by atoms with Crippen LogP contribution in [0.15, 0.2) is 24.8 Å². The summed E-state index contributed by atoms with van der Waals surface area (Å²) in [6, 6.07) is 2.59. The summed E-state index contributed by atoms with van der Waals surface area (Å²) < 4.78 is 26.0. The van der Waals surface area contributed by atoms with Crippen molar-refractivity contribution >= 4 is 30.1 Å². The molecule has 5 rings (SSSR count). The monoisotopic (exact) mass is 513 g/mol. The molecule has 37 heavy (non-hydrogen) atoms. The van der Waals surface area contributed by atoms with E-state index in [0.29, 0.717) is 23.9 Å². The molecule has 9 heteroatoms. The number of anilines is 1. The third kappa shape index (κ3) is 3.80. The number of rotatable bonds is 3. The van der Waals surface area contributed by atoms with Gasteiger partial charge in [0.25, 0.3) is 0 Å². The molecule has 0 aromatic heterocycles. The molecule has 1 heterocycles. The van der Waals surface area contributed by atoms with Crippen molar-refractivity contribution < 1.29 is 33.5 Å². The summed E-state index contributed by atoms with van der Waals surface area (Å²) in [5, 5.41) is 24.1. The van der Waals surface area contributed by atoms with E-state index in [1.165, 1.54) is 12.1 Å². The molecule has 1 aromatic rings. The maximum absolute atomic E-state index is 14.8. The van der Waals surface area contributed by atoms with Gasteiger partial charge >= 0.3 is 13.2 Å². The standard InChI is InChI=1S/C28H37BFNO6/c1-6-26(4)13-22(37-25(34)31-20-12-18-17(11-19(20)30)14-36-29(18)35)27(5)15(2)7-9-28(16(3)24(26)33)10-8-21(32)23(27)28/h6,11-12,15-16,22-24,33,35H,1,7-10,13-14H2,2-5H3,(H,31,34)/t15-,16-,22+,23-,24-,26+,27-,28-/m0/s1. The lowest BCUT2D eigenvalue weighted by molar-refractivity contribution is -0.190. The Balaban J connectivity index is 1.52.